The molecule has 1 amide bonds. The summed E-state index contributed by atoms with van der Waals surface area (Å²) in [4.78, 5) is 14.6. The first-order valence-corrected chi connectivity index (χ1v) is 12.6. The van der Waals surface area contributed by atoms with E-state index >= 15 is 0 Å². The molecule has 2 aliphatic rings. The quantitative estimate of drug-likeness (QED) is 0.614. The summed E-state index contributed by atoms with van der Waals surface area (Å²) in [6.45, 7) is 2.58. The molecule has 2 aromatic rings. The zero-order chi connectivity index (χ0) is 23.3. The smallest absolute Gasteiger partial charge is 0.246 e. The first-order chi connectivity index (χ1) is 15.9. The van der Waals surface area contributed by atoms with Gasteiger partial charge in [-0.15, -0.1) is 0 Å². The predicted molar refractivity (Wildman–Crippen MR) is 121 cm³/mol. The van der Waals surface area contributed by atoms with Crippen molar-refractivity contribution in [1.29, 1.82) is 0 Å². The second-order valence-corrected chi connectivity index (χ2v) is 10.6. The van der Waals surface area contributed by atoms with Gasteiger partial charge in [0.25, 0.3) is 0 Å². The van der Waals surface area contributed by atoms with Crippen LogP contribution >= 0.6 is 0 Å². The summed E-state index contributed by atoms with van der Waals surface area (Å²) in [5.74, 6) is -0.163. The topological polar surface area (TPSA) is 76.2 Å². The maximum Gasteiger partial charge on any atom is 0.246 e. The number of ether oxygens (including phenoxy) is 2. The van der Waals surface area contributed by atoms with Crippen LogP contribution in [0, 0.1) is 11.2 Å². The third-order valence-corrected chi connectivity index (χ3v) is 8.14. The van der Waals surface area contributed by atoms with Crippen molar-refractivity contribution in [3.05, 3.63) is 60.4 Å². The van der Waals surface area contributed by atoms with Crippen LogP contribution < -0.4 is 4.74 Å². The van der Waals surface area contributed by atoms with Crippen LogP contribution in [0.1, 0.15) is 19.3 Å². The average Bonchev–Trinajstić information content (AvgIpc) is 2.84. The van der Waals surface area contributed by atoms with Gasteiger partial charge in [0, 0.05) is 38.0 Å². The zero-order valence-corrected chi connectivity index (χ0v) is 19.3. The third-order valence-electron chi connectivity index (χ3n) is 6.26. The molecule has 0 aromatic heterocycles. The van der Waals surface area contributed by atoms with Gasteiger partial charge in [-0.2, -0.15) is 4.31 Å². The maximum atomic E-state index is 14.4. The predicted octanol–water partition coefficient (Wildman–Crippen LogP) is 2.92. The van der Waals surface area contributed by atoms with Crippen LogP contribution in [0.3, 0.4) is 0 Å². The number of benzene rings is 2. The highest BCUT2D eigenvalue weighted by atomic mass is 32.2. The lowest BCUT2D eigenvalue weighted by Gasteiger charge is -2.42. The number of carbonyl (C=O) groups is 1. The van der Waals surface area contributed by atoms with Gasteiger partial charge in [-0.05, 0) is 37.1 Å². The standard InChI is InChI=1S/C24H29FN2O5S/c25-21-9-4-5-10-22(21)33(29,30)27-12-6-11-24(18-27,19-32-20-7-2-1-3-8-20)17-23(28)26-13-15-31-16-14-26/h1-5,7-10H,6,11-19H2. The highest BCUT2D eigenvalue weighted by Crippen LogP contribution is 2.37. The van der Waals surface area contributed by atoms with Gasteiger partial charge in [-0.1, -0.05) is 30.3 Å². The van der Waals surface area contributed by atoms with E-state index in [4.69, 9.17) is 9.47 Å². The number of morpholine rings is 1. The summed E-state index contributed by atoms with van der Waals surface area (Å²) >= 11 is 0. The number of rotatable bonds is 7. The molecule has 33 heavy (non-hydrogen) atoms. The van der Waals surface area contributed by atoms with Gasteiger partial charge in [0.2, 0.25) is 15.9 Å². The van der Waals surface area contributed by atoms with Crippen molar-refractivity contribution in [1.82, 2.24) is 9.21 Å². The van der Waals surface area contributed by atoms with Gasteiger partial charge in [0.1, 0.15) is 16.5 Å². The number of halogens is 1. The second kappa shape index (κ2) is 10.2. The molecule has 2 heterocycles. The van der Waals surface area contributed by atoms with Crippen molar-refractivity contribution in [3.8, 4) is 5.75 Å². The highest BCUT2D eigenvalue weighted by Gasteiger charge is 2.43. The lowest BCUT2D eigenvalue weighted by Crippen LogP contribution is -2.52. The van der Waals surface area contributed by atoms with E-state index in [9.17, 15) is 17.6 Å². The molecule has 0 spiro atoms. The Hall–Kier alpha value is -2.49. The molecule has 2 aromatic carbocycles. The number of nitrogens with zero attached hydrogens (tertiary/aromatic N) is 2. The summed E-state index contributed by atoms with van der Waals surface area (Å²) in [7, 11) is -4.05. The van der Waals surface area contributed by atoms with Gasteiger partial charge in [0.05, 0.1) is 19.8 Å². The molecule has 0 aliphatic carbocycles. The van der Waals surface area contributed by atoms with E-state index in [1.165, 1.54) is 22.5 Å². The minimum absolute atomic E-state index is 0.0416. The minimum atomic E-state index is -4.05. The molecule has 2 aliphatic heterocycles. The van der Waals surface area contributed by atoms with E-state index in [1.54, 1.807) is 4.90 Å². The molecule has 9 heteroatoms. The minimum Gasteiger partial charge on any atom is -0.493 e. The van der Waals surface area contributed by atoms with Gasteiger partial charge in [-0.3, -0.25) is 4.79 Å². The van der Waals surface area contributed by atoms with E-state index in [-0.39, 0.29) is 36.9 Å². The number of sulfonamides is 1. The van der Waals surface area contributed by atoms with Crippen molar-refractivity contribution in [2.45, 2.75) is 24.2 Å². The van der Waals surface area contributed by atoms with Gasteiger partial charge in [-0.25, -0.2) is 12.8 Å². The number of amides is 1. The van der Waals surface area contributed by atoms with E-state index in [1.807, 2.05) is 30.3 Å². The largest absolute Gasteiger partial charge is 0.493 e. The summed E-state index contributed by atoms with van der Waals surface area (Å²) in [6, 6.07) is 14.6. The number of hydrogen-bond donors (Lipinski definition) is 0. The molecule has 2 saturated heterocycles. The summed E-state index contributed by atoms with van der Waals surface area (Å²) in [5.41, 5.74) is -0.720. The maximum absolute atomic E-state index is 14.4. The van der Waals surface area contributed by atoms with E-state index in [0.29, 0.717) is 44.9 Å². The Bertz CT molecular complexity index is 1060. The van der Waals surface area contributed by atoms with Crippen LogP contribution in [-0.4, -0.2) is 69.5 Å². The molecular formula is C24H29FN2O5S. The monoisotopic (exact) mass is 476 g/mol. The summed E-state index contributed by atoms with van der Waals surface area (Å²) in [6.07, 6.45) is 1.35. The van der Waals surface area contributed by atoms with Gasteiger partial charge >= 0.3 is 0 Å². The van der Waals surface area contributed by atoms with Gasteiger partial charge < -0.3 is 14.4 Å². The SMILES string of the molecule is O=C(CC1(COc2ccccc2)CCCN(S(=O)(=O)c2ccccc2F)C1)N1CCOCC1. The van der Waals surface area contributed by atoms with Crippen molar-refractivity contribution >= 4 is 15.9 Å². The second-order valence-electron chi connectivity index (χ2n) is 8.64. The van der Waals surface area contributed by atoms with Crippen molar-refractivity contribution in [2.75, 3.05) is 46.0 Å². The molecule has 1 unspecified atom stereocenters. The fourth-order valence-corrected chi connectivity index (χ4v) is 6.13. The fraction of sp³-hybridized carbons (Fsp3) is 0.458. The van der Waals surface area contributed by atoms with Gasteiger partial charge in [0.15, 0.2) is 0 Å². The lowest BCUT2D eigenvalue weighted by molar-refractivity contribution is -0.139. The Kier molecular flexibility index (Phi) is 7.31. The lowest BCUT2D eigenvalue weighted by atomic mass is 9.78. The van der Waals surface area contributed by atoms with Crippen LogP contribution in [0.15, 0.2) is 59.5 Å². The Balaban J connectivity index is 1.58. The van der Waals surface area contributed by atoms with E-state index in [2.05, 4.69) is 0 Å². The van der Waals surface area contributed by atoms with Crippen LogP contribution in [0.5, 0.6) is 5.75 Å². The molecule has 7 nitrogen and oxygen atoms in total. The highest BCUT2D eigenvalue weighted by molar-refractivity contribution is 7.89. The number of piperidine rings is 1. The molecule has 0 radical (unpaired) electrons. The van der Waals surface area contributed by atoms with Crippen molar-refractivity contribution in [2.24, 2.45) is 5.41 Å². The first-order valence-electron chi connectivity index (χ1n) is 11.2. The third kappa shape index (κ3) is 5.54. The zero-order valence-electron chi connectivity index (χ0n) is 18.5. The Morgan fingerprint density at radius 1 is 1.03 bits per heavy atom. The molecule has 0 bridgehead atoms. The van der Waals surface area contributed by atoms with Crippen molar-refractivity contribution < 1.29 is 27.1 Å². The van der Waals surface area contributed by atoms with Crippen LogP contribution in [0.2, 0.25) is 0 Å². The molecule has 2 fully saturated rings. The molecule has 178 valence electrons. The van der Waals surface area contributed by atoms with Crippen LogP contribution in [0.25, 0.3) is 0 Å². The Labute approximate surface area is 194 Å². The average molecular weight is 477 g/mol. The first kappa shape index (κ1) is 23.7. The molecule has 1 atom stereocenters. The molecule has 4 rings (SSSR count). The molecule has 0 N–H and O–H groups in total. The van der Waals surface area contributed by atoms with E-state index < -0.39 is 21.3 Å². The number of para-hydroxylation sites is 1. The van der Waals surface area contributed by atoms with Crippen LogP contribution in [-0.2, 0) is 19.6 Å². The normalized spacial score (nSPS) is 22.2. The van der Waals surface area contributed by atoms with Crippen LogP contribution in [0.4, 0.5) is 4.39 Å². The summed E-state index contributed by atoms with van der Waals surface area (Å²) in [5, 5.41) is 0. The molecule has 0 saturated carbocycles. The Morgan fingerprint density at radius 3 is 2.45 bits per heavy atom. The van der Waals surface area contributed by atoms with Crippen molar-refractivity contribution in [3.63, 3.8) is 0 Å². The molecular weight excluding hydrogens is 447 g/mol. The Morgan fingerprint density at radius 2 is 1.73 bits per heavy atom. The fourth-order valence-electron chi connectivity index (χ4n) is 4.47. The number of carbonyl (C=O) groups excluding carboxylic acids is 1. The van der Waals surface area contributed by atoms with E-state index in [0.717, 1.165) is 6.07 Å². The number of hydrogen-bond acceptors (Lipinski definition) is 5. The summed E-state index contributed by atoms with van der Waals surface area (Å²) < 4.78 is 53.6.